The molecule has 0 saturated heterocycles. The molecule has 4 heteroatoms. The van der Waals surface area contributed by atoms with Crippen LogP contribution in [-0.4, -0.2) is 28.5 Å². The number of hydrogen-bond acceptors (Lipinski definition) is 3. The van der Waals surface area contributed by atoms with E-state index in [1.54, 1.807) is 12.4 Å². The normalized spacial score (nSPS) is 10.6. The molecule has 0 aromatic carbocycles. The van der Waals surface area contributed by atoms with Crippen molar-refractivity contribution in [3.8, 4) is 11.3 Å². The van der Waals surface area contributed by atoms with E-state index < -0.39 is 0 Å². The fourth-order valence-corrected chi connectivity index (χ4v) is 1.60. The number of aromatic amines is 1. The van der Waals surface area contributed by atoms with Crippen LogP contribution in [0, 0.1) is 0 Å². The van der Waals surface area contributed by atoms with Gasteiger partial charge in [0.05, 0.1) is 11.9 Å². The maximum atomic E-state index is 4.36. The van der Waals surface area contributed by atoms with Crippen molar-refractivity contribution in [1.29, 1.82) is 0 Å². The molecule has 0 atom stereocenters. The molecule has 0 saturated carbocycles. The second kappa shape index (κ2) is 5.42. The Morgan fingerprint density at radius 1 is 1.31 bits per heavy atom. The van der Waals surface area contributed by atoms with E-state index >= 15 is 0 Å². The molecule has 0 fully saturated rings. The third-order valence-corrected chi connectivity index (χ3v) is 2.46. The summed E-state index contributed by atoms with van der Waals surface area (Å²) >= 11 is 0. The van der Waals surface area contributed by atoms with Crippen molar-refractivity contribution in [2.45, 2.75) is 12.8 Å². The number of imidazole rings is 1. The lowest BCUT2D eigenvalue weighted by molar-refractivity contribution is 0.707. The van der Waals surface area contributed by atoms with E-state index in [4.69, 9.17) is 0 Å². The molecule has 84 valence electrons. The summed E-state index contributed by atoms with van der Waals surface area (Å²) in [6.07, 6.45) is 7.53. The highest BCUT2D eigenvalue weighted by atomic mass is 14.9. The molecule has 0 radical (unpaired) electrons. The summed E-state index contributed by atoms with van der Waals surface area (Å²) in [5.41, 5.74) is 2.18. The molecule has 0 aliphatic heterocycles. The largest absolute Gasteiger partial charge is 0.342 e. The van der Waals surface area contributed by atoms with Crippen LogP contribution in [0.5, 0.6) is 0 Å². The van der Waals surface area contributed by atoms with Gasteiger partial charge < -0.3 is 10.3 Å². The second-order valence-electron chi connectivity index (χ2n) is 3.69. The molecule has 2 aromatic rings. The van der Waals surface area contributed by atoms with Gasteiger partial charge in [0.25, 0.3) is 0 Å². The molecule has 2 rings (SSSR count). The Hall–Kier alpha value is -1.68. The van der Waals surface area contributed by atoms with Gasteiger partial charge in [0.2, 0.25) is 0 Å². The van der Waals surface area contributed by atoms with Crippen LogP contribution in [0.1, 0.15) is 12.2 Å². The van der Waals surface area contributed by atoms with Gasteiger partial charge in [0.1, 0.15) is 5.82 Å². The molecule has 0 aliphatic rings. The Morgan fingerprint density at radius 2 is 2.12 bits per heavy atom. The van der Waals surface area contributed by atoms with Gasteiger partial charge in [-0.1, -0.05) is 0 Å². The minimum absolute atomic E-state index is 0.978. The fourth-order valence-electron chi connectivity index (χ4n) is 1.60. The molecular formula is C12H16N4. The first kappa shape index (κ1) is 10.8. The molecular weight excluding hydrogens is 200 g/mol. The van der Waals surface area contributed by atoms with Gasteiger partial charge in [0.15, 0.2) is 0 Å². The molecule has 0 spiro atoms. The van der Waals surface area contributed by atoms with Crippen LogP contribution in [0.25, 0.3) is 11.3 Å². The van der Waals surface area contributed by atoms with E-state index in [1.165, 1.54) is 0 Å². The number of nitrogens with one attached hydrogen (secondary N) is 2. The van der Waals surface area contributed by atoms with Crippen LogP contribution in [0.3, 0.4) is 0 Å². The first-order valence-electron chi connectivity index (χ1n) is 5.49. The van der Waals surface area contributed by atoms with Gasteiger partial charge in [-0.3, -0.25) is 4.98 Å². The van der Waals surface area contributed by atoms with E-state index in [0.29, 0.717) is 0 Å². The van der Waals surface area contributed by atoms with Crippen LogP contribution < -0.4 is 5.32 Å². The Morgan fingerprint density at radius 3 is 2.88 bits per heavy atom. The topological polar surface area (TPSA) is 53.6 Å². The maximum absolute atomic E-state index is 4.36. The molecule has 0 amide bonds. The highest BCUT2D eigenvalue weighted by molar-refractivity contribution is 5.57. The molecule has 2 heterocycles. The summed E-state index contributed by atoms with van der Waals surface area (Å²) in [4.78, 5) is 11.7. The van der Waals surface area contributed by atoms with Crippen molar-refractivity contribution in [1.82, 2.24) is 20.3 Å². The number of rotatable bonds is 5. The third-order valence-electron chi connectivity index (χ3n) is 2.46. The first-order chi connectivity index (χ1) is 7.90. The molecule has 2 aromatic heterocycles. The summed E-state index contributed by atoms with van der Waals surface area (Å²) < 4.78 is 0. The van der Waals surface area contributed by atoms with Gasteiger partial charge in [-0.2, -0.15) is 0 Å². The summed E-state index contributed by atoms with van der Waals surface area (Å²) in [5, 5.41) is 3.13. The predicted molar refractivity (Wildman–Crippen MR) is 64.1 cm³/mol. The van der Waals surface area contributed by atoms with Crippen molar-refractivity contribution in [2.75, 3.05) is 13.6 Å². The van der Waals surface area contributed by atoms with Crippen molar-refractivity contribution in [3.05, 3.63) is 36.5 Å². The zero-order chi connectivity index (χ0) is 11.2. The Kier molecular flexibility index (Phi) is 3.66. The highest BCUT2D eigenvalue weighted by Crippen LogP contribution is 2.15. The quantitative estimate of drug-likeness (QED) is 0.747. The lowest BCUT2D eigenvalue weighted by atomic mass is 10.2. The Labute approximate surface area is 95.1 Å². The lowest BCUT2D eigenvalue weighted by Crippen LogP contribution is -2.08. The van der Waals surface area contributed by atoms with Crippen LogP contribution in [0.15, 0.2) is 30.7 Å². The third kappa shape index (κ3) is 2.67. The van der Waals surface area contributed by atoms with Gasteiger partial charge in [0, 0.05) is 24.4 Å². The molecule has 0 unspecified atom stereocenters. The van der Waals surface area contributed by atoms with E-state index in [9.17, 15) is 0 Å². The number of pyridine rings is 1. The van der Waals surface area contributed by atoms with Crippen LogP contribution in [0.2, 0.25) is 0 Å². The molecule has 0 aliphatic carbocycles. The standard InChI is InChI=1S/C12H16N4/c1-13-6-2-3-12-15-9-11(16-12)10-4-7-14-8-5-10/h4-5,7-9,13H,2-3,6H2,1H3,(H,15,16). The van der Waals surface area contributed by atoms with Crippen LogP contribution >= 0.6 is 0 Å². The number of nitrogens with zero attached hydrogens (tertiary/aromatic N) is 2. The van der Waals surface area contributed by atoms with Gasteiger partial charge in [-0.25, -0.2) is 4.98 Å². The predicted octanol–water partition coefficient (Wildman–Crippen LogP) is 1.62. The van der Waals surface area contributed by atoms with E-state index in [0.717, 1.165) is 36.5 Å². The smallest absolute Gasteiger partial charge is 0.106 e. The van der Waals surface area contributed by atoms with Gasteiger partial charge in [-0.05, 0) is 32.1 Å². The van der Waals surface area contributed by atoms with Gasteiger partial charge in [-0.15, -0.1) is 0 Å². The SMILES string of the molecule is CNCCCc1ncc(-c2ccncc2)[nH]1. The van der Waals surface area contributed by atoms with Crippen molar-refractivity contribution in [3.63, 3.8) is 0 Å². The van der Waals surface area contributed by atoms with E-state index in [-0.39, 0.29) is 0 Å². The average molecular weight is 216 g/mol. The number of hydrogen-bond donors (Lipinski definition) is 2. The summed E-state index contributed by atoms with van der Waals surface area (Å²) in [6.45, 7) is 1.02. The summed E-state index contributed by atoms with van der Waals surface area (Å²) in [7, 11) is 1.96. The number of H-pyrrole nitrogens is 1. The van der Waals surface area contributed by atoms with Crippen LogP contribution in [-0.2, 0) is 6.42 Å². The molecule has 2 N–H and O–H groups in total. The Balaban J connectivity index is 2.02. The minimum atomic E-state index is 0.978. The van der Waals surface area contributed by atoms with Crippen molar-refractivity contribution >= 4 is 0 Å². The monoisotopic (exact) mass is 216 g/mol. The van der Waals surface area contributed by atoms with Crippen LogP contribution in [0.4, 0.5) is 0 Å². The maximum Gasteiger partial charge on any atom is 0.106 e. The minimum Gasteiger partial charge on any atom is -0.342 e. The van der Waals surface area contributed by atoms with Crippen molar-refractivity contribution in [2.24, 2.45) is 0 Å². The Bertz CT molecular complexity index is 422. The van der Waals surface area contributed by atoms with Crippen molar-refractivity contribution < 1.29 is 0 Å². The zero-order valence-corrected chi connectivity index (χ0v) is 9.40. The second-order valence-corrected chi connectivity index (χ2v) is 3.69. The highest BCUT2D eigenvalue weighted by Gasteiger charge is 2.02. The molecule has 16 heavy (non-hydrogen) atoms. The van der Waals surface area contributed by atoms with E-state index in [2.05, 4.69) is 20.3 Å². The van der Waals surface area contributed by atoms with E-state index in [1.807, 2.05) is 25.4 Å². The number of aryl methyl sites for hydroxylation is 1. The summed E-state index contributed by atoms with van der Waals surface area (Å²) in [5.74, 6) is 1.04. The number of aromatic nitrogens is 3. The molecule has 4 nitrogen and oxygen atoms in total. The average Bonchev–Trinajstić information content (AvgIpc) is 2.79. The summed E-state index contributed by atoms with van der Waals surface area (Å²) in [6, 6.07) is 3.95. The zero-order valence-electron chi connectivity index (χ0n) is 9.40. The van der Waals surface area contributed by atoms with Gasteiger partial charge >= 0.3 is 0 Å². The first-order valence-corrected chi connectivity index (χ1v) is 5.49. The lowest BCUT2D eigenvalue weighted by Gasteiger charge is -1.97. The molecule has 0 bridgehead atoms. The fraction of sp³-hybridized carbons (Fsp3) is 0.333.